The second-order valence-electron chi connectivity index (χ2n) is 8.13. The van der Waals surface area contributed by atoms with Gasteiger partial charge in [0.05, 0.1) is 11.7 Å². The van der Waals surface area contributed by atoms with Crippen LogP contribution in [-0.2, 0) is 4.79 Å². The number of rotatable bonds is 6. The molecule has 0 radical (unpaired) electrons. The molecular formula is C25H26N6O2. The van der Waals surface area contributed by atoms with Gasteiger partial charge in [-0.1, -0.05) is 12.6 Å². The van der Waals surface area contributed by atoms with Gasteiger partial charge in [-0.25, -0.2) is 4.98 Å². The van der Waals surface area contributed by atoms with Gasteiger partial charge in [0.2, 0.25) is 11.9 Å². The lowest BCUT2D eigenvalue weighted by atomic mass is 10.00. The summed E-state index contributed by atoms with van der Waals surface area (Å²) in [4.78, 5) is 22.9. The van der Waals surface area contributed by atoms with Gasteiger partial charge in [-0.05, 0) is 61.7 Å². The number of piperidine rings is 1. The summed E-state index contributed by atoms with van der Waals surface area (Å²) in [5.41, 5.74) is 3.49. The van der Waals surface area contributed by atoms with Crippen LogP contribution in [0.15, 0.2) is 67.4 Å². The van der Waals surface area contributed by atoms with Crippen LogP contribution in [-0.4, -0.2) is 35.1 Å². The number of aromatic nitrogens is 2. The number of nitrogens with one attached hydrogen (secondary N) is 3. The summed E-state index contributed by atoms with van der Waals surface area (Å²) in [5, 5.41) is 9.26. The molecule has 0 bridgehead atoms. The van der Waals surface area contributed by atoms with Crippen LogP contribution in [0.5, 0.6) is 5.75 Å². The summed E-state index contributed by atoms with van der Waals surface area (Å²) < 4.78 is 6.05. The van der Waals surface area contributed by atoms with E-state index in [1.807, 2.05) is 36.4 Å². The fourth-order valence-corrected chi connectivity index (χ4v) is 4.26. The quantitative estimate of drug-likeness (QED) is 0.471. The van der Waals surface area contributed by atoms with Crippen molar-refractivity contribution in [3.8, 4) is 5.75 Å². The highest BCUT2D eigenvalue weighted by molar-refractivity contribution is 5.99. The zero-order valence-corrected chi connectivity index (χ0v) is 18.3. The number of anilines is 6. The number of hydrogen-bond acceptors (Lipinski definition) is 7. The third kappa shape index (κ3) is 4.74. The first-order chi connectivity index (χ1) is 16.2. The first kappa shape index (κ1) is 20.8. The van der Waals surface area contributed by atoms with Crippen molar-refractivity contribution < 1.29 is 9.53 Å². The van der Waals surface area contributed by atoms with E-state index in [0.29, 0.717) is 23.5 Å². The Morgan fingerprint density at radius 2 is 1.97 bits per heavy atom. The minimum Gasteiger partial charge on any atom is -0.489 e. The second kappa shape index (κ2) is 9.20. The van der Waals surface area contributed by atoms with Gasteiger partial charge in [0.25, 0.3) is 0 Å². The maximum Gasteiger partial charge on any atom is 0.247 e. The molecule has 1 atom stereocenters. The Hall–Kier alpha value is -4.07. The van der Waals surface area contributed by atoms with Gasteiger partial charge in [-0.3, -0.25) is 4.79 Å². The van der Waals surface area contributed by atoms with Crippen LogP contribution in [0.2, 0.25) is 0 Å². The average molecular weight is 443 g/mol. The highest BCUT2D eigenvalue weighted by Gasteiger charge is 2.29. The summed E-state index contributed by atoms with van der Waals surface area (Å²) in [6, 6.07) is 15.8. The van der Waals surface area contributed by atoms with E-state index in [-0.39, 0.29) is 5.91 Å². The molecule has 5 rings (SSSR count). The van der Waals surface area contributed by atoms with Crippen molar-refractivity contribution >= 4 is 40.4 Å². The number of nitrogens with zero attached hydrogens (tertiary/aromatic N) is 3. The smallest absolute Gasteiger partial charge is 0.247 e. The number of carbonyl (C=O) groups excluding carboxylic acids is 1. The van der Waals surface area contributed by atoms with Crippen LogP contribution in [0.3, 0.4) is 0 Å². The second-order valence-corrected chi connectivity index (χ2v) is 8.13. The fourth-order valence-electron chi connectivity index (χ4n) is 4.26. The third-order valence-electron chi connectivity index (χ3n) is 5.83. The van der Waals surface area contributed by atoms with Crippen molar-refractivity contribution in [2.75, 3.05) is 34.0 Å². The first-order valence-electron chi connectivity index (χ1n) is 11.1. The van der Waals surface area contributed by atoms with E-state index in [4.69, 9.17) is 4.74 Å². The molecule has 1 unspecified atom stereocenters. The Morgan fingerprint density at radius 3 is 2.88 bits per heavy atom. The maximum atomic E-state index is 11.5. The van der Waals surface area contributed by atoms with Gasteiger partial charge in [-0.2, -0.15) is 4.98 Å². The zero-order chi connectivity index (χ0) is 22.6. The van der Waals surface area contributed by atoms with Gasteiger partial charge in [0.1, 0.15) is 18.2 Å². The van der Waals surface area contributed by atoms with Crippen LogP contribution in [0.25, 0.3) is 0 Å². The summed E-state index contributed by atoms with van der Waals surface area (Å²) in [6.07, 6.45) is 6.62. The number of amides is 1. The SMILES string of the molecule is C=CC(=O)Nc1cccc(Nc2ccnc(Nc3ccc4c(c3)OCC3CCCCN43)n2)c1. The van der Waals surface area contributed by atoms with Crippen molar-refractivity contribution in [3.63, 3.8) is 0 Å². The highest BCUT2D eigenvalue weighted by atomic mass is 16.5. The van der Waals surface area contributed by atoms with Crippen LogP contribution in [0.4, 0.5) is 34.5 Å². The van der Waals surface area contributed by atoms with E-state index in [1.54, 1.807) is 12.3 Å². The van der Waals surface area contributed by atoms with Crippen molar-refractivity contribution in [2.24, 2.45) is 0 Å². The predicted molar refractivity (Wildman–Crippen MR) is 131 cm³/mol. The van der Waals surface area contributed by atoms with Crippen molar-refractivity contribution in [2.45, 2.75) is 25.3 Å². The molecule has 0 aliphatic carbocycles. The fraction of sp³-hybridized carbons (Fsp3) is 0.240. The normalized spacial score (nSPS) is 16.6. The predicted octanol–water partition coefficient (Wildman–Crippen LogP) is 4.84. The van der Waals surface area contributed by atoms with Gasteiger partial charge >= 0.3 is 0 Å². The Kier molecular flexibility index (Phi) is 5.80. The molecule has 8 nitrogen and oxygen atoms in total. The molecule has 0 saturated carbocycles. The highest BCUT2D eigenvalue weighted by Crippen LogP contribution is 2.39. The summed E-state index contributed by atoms with van der Waals surface area (Å²) in [7, 11) is 0. The molecule has 1 amide bonds. The largest absolute Gasteiger partial charge is 0.489 e. The van der Waals surface area contributed by atoms with Gasteiger partial charge in [0.15, 0.2) is 0 Å². The number of ether oxygens (including phenoxy) is 1. The van der Waals surface area contributed by atoms with Crippen LogP contribution in [0.1, 0.15) is 19.3 Å². The van der Waals surface area contributed by atoms with Crippen LogP contribution < -0.4 is 25.6 Å². The summed E-state index contributed by atoms with van der Waals surface area (Å²) in [6.45, 7) is 5.29. The lowest BCUT2D eigenvalue weighted by Crippen LogP contribution is -2.46. The molecule has 1 saturated heterocycles. The average Bonchev–Trinajstić information content (AvgIpc) is 2.84. The Morgan fingerprint density at radius 1 is 1.09 bits per heavy atom. The molecule has 33 heavy (non-hydrogen) atoms. The molecule has 2 aliphatic heterocycles. The molecule has 3 N–H and O–H groups in total. The molecule has 8 heteroatoms. The number of fused-ring (bicyclic) bond motifs is 3. The van der Waals surface area contributed by atoms with E-state index in [0.717, 1.165) is 36.0 Å². The van der Waals surface area contributed by atoms with E-state index in [9.17, 15) is 4.79 Å². The number of hydrogen-bond donors (Lipinski definition) is 3. The third-order valence-corrected chi connectivity index (χ3v) is 5.83. The minimum atomic E-state index is -0.259. The molecule has 0 spiro atoms. The van der Waals surface area contributed by atoms with E-state index in [2.05, 4.69) is 43.5 Å². The Labute approximate surface area is 192 Å². The van der Waals surface area contributed by atoms with Crippen molar-refractivity contribution in [1.29, 1.82) is 0 Å². The molecule has 2 aromatic carbocycles. The summed E-state index contributed by atoms with van der Waals surface area (Å²) >= 11 is 0. The van der Waals surface area contributed by atoms with Crippen LogP contribution >= 0.6 is 0 Å². The molecule has 3 heterocycles. The molecule has 1 aromatic heterocycles. The topological polar surface area (TPSA) is 91.4 Å². The molecule has 3 aromatic rings. The molecule has 1 fully saturated rings. The monoisotopic (exact) mass is 442 g/mol. The number of benzene rings is 2. The van der Waals surface area contributed by atoms with Crippen molar-refractivity contribution in [1.82, 2.24) is 9.97 Å². The lowest BCUT2D eigenvalue weighted by Gasteiger charge is -2.41. The molecule has 168 valence electrons. The van der Waals surface area contributed by atoms with E-state index in [1.165, 1.54) is 25.3 Å². The summed E-state index contributed by atoms with van der Waals surface area (Å²) in [5.74, 6) is 1.74. The van der Waals surface area contributed by atoms with Gasteiger partial charge in [-0.15, -0.1) is 0 Å². The first-order valence-corrected chi connectivity index (χ1v) is 11.1. The standard InChI is InChI=1S/C25H26N6O2/c1-2-24(32)28-18-7-5-6-17(14-18)27-23-11-12-26-25(30-23)29-19-9-10-21-22(15-19)33-16-20-8-3-4-13-31(20)21/h2,5-7,9-12,14-15,20H,1,3-4,8,13,16H2,(H,28,32)(H2,26,27,29,30). The van der Waals surface area contributed by atoms with Crippen molar-refractivity contribution in [3.05, 3.63) is 67.4 Å². The molecule has 2 aliphatic rings. The van der Waals surface area contributed by atoms with Crippen LogP contribution in [0, 0.1) is 0 Å². The maximum absolute atomic E-state index is 11.5. The van der Waals surface area contributed by atoms with E-state index < -0.39 is 0 Å². The molecular weight excluding hydrogens is 416 g/mol. The number of carbonyl (C=O) groups is 1. The van der Waals surface area contributed by atoms with E-state index >= 15 is 0 Å². The lowest BCUT2D eigenvalue weighted by molar-refractivity contribution is -0.111. The van der Waals surface area contributed by atoms with Gasteiger partial charge in [0, 0.05) is 35.9 Å². The van der Waals surface area contributed by atoms with Gasteiger partial charge < -0.3 is 25.6 Å². The Bertz CT molecular complexity index is 1180. The zero-order valence-electron chi connectivity index (χ0n) is 18.3. The minimum absolute atomic E-state index is 0.259. The Balaban J connectivity index is 1.29.